The second-order valence-electron chi connectivity index (χ2n) is 5.64. The van der Waals surface area contributed by atoms with Crippen molar-refractivity contribution >= 4 is 5.78 Å². The number of benzene rings is 1. The van der Waals surface area contributed by atoms with Gasteiger partial charge in [0.1, 0.15) is 11.5 Å². The quantitative estimate of drug-likeness (QED) is 0.825. The molecule has 106 valence electrons. The van der Waals surface area contributed by atoms with E-state index < -0.39 is 6.36 Å². The van der Waals surface area contributed by atoms with Crippen molar-refractivity contribution in [3.63, 3.8) is 0 Å². The van der Waals surface area contributed by atoms with Gasteiger partial charge < -0.3 is 4.74 Å². The minimum Gasteiger partial charge on any atom is -0.406 e. The van der Waals surface area contributed by atoms with Gasteiger partial charge in [0.25, 0.3) is 0 Å². The molecule has 0 saturated carbocycles. The van der Waals surface area contributed by atoms with E-state index in [2.05, 4.69) is 4.74 Å². The molecular weight excluding hydrogens is 257 g/mol. The third kappa shape index (κ3) is 6.84. The van der Waals surface area contributed by atoms with E-state index in [0.717, 1.165) is 0 Å². The van der Waals surface area contributed by atoms with Gasteiger partial charge in [0, 0.05) is 12.8 Å². The van der Waals surface area contributed by atoms with Gasteiger partial charge in [-0.05, 0) is 23.1 Å². The van der Waals surface area contributed by atoms with Gasteiger partial charge in [0.05, 0.1) is 0 Å². The van der Waals surface area contributed by atoms with Gasteiger partial charge >= 0.3 is 6.36 Å². The molecule has 0 aliphatic rings. The Balaban J connectivity index is 2.60. The van der Waals surface area contributed by atoms with Crippen LogP contribution in [0.15, 0.2) is 24.3 Å². The zero-order valence-electron chi connectivity index (χ0n) is 11.2. The standard InChI is InChI=1S/C14H17F3O2/c1-13(2,3)9-11(18)8-10-4-6-12(7-5-10)19-14(15,16)17/h4-7H,8-9H2,1-3H3. The van der Waals surface area contributed by atoms with Crippen molar-refractivity contribution in [1.82, 2.24) is 0 Å². The molecule has 0 atom stereocenters. The molecular formula is C14H17F3O2. The molecule has 0 spiro atoms. The Labute approximate surface area is 110 Å². The number of hydrogen-bond donors (Lipinski definition) is 0. The third-order valence-electron chi connectivity index (χ3n) is 2.29. The molecule has 0 unspecified atom stereocenters. The third-order valence-corrected chi connectivity index (χ3v) is 2.29. The number of halogens is 3. The number of hydrogen-bond acceptors (Lipinski definition) is 2. The Bertz CT molecular complexity index is 427. The molecule has 0 bridgehead atoms. The summed E-state index contributed by atoms with van der Waals surface area (Å²) in [6.45, 7) is 5.89. The van der Waals surface area contributed by atoms with Gasteiger partial charge in [-0.15, -0.1) is 13.2 Å². The largest absolute Gasteiger partial charge is 0.573 e. The summed E-state index contributed by atoms with van der Waals surface area (Å²) in [6.07, 6.45) is -4.03. The molecule has 1 aromatic rings. The Morgan fingerprint density at radius 1 is 1.11 bits per heavy atom. The molecule has 0 aliphatic carbocycles. The Kier molecular flexibility index (Phi) is 4.61. The molecule has 0 N–H and O–H groups in total. The summed E-state index contributed by atoms with van der Waals surface area (Å²) in [5.41, 5.74) is 0.597. The maximum absolute atomic E-state index is 12.0. The minimum atomic E-state index is -4.69. The first-order valence-corrected chi connectivity index (χ1v) is 5.91. The lowest BCUT2D eigenvalue weighted by Crippen LogP contribution is -2.17. The Hall–Kier alpha value is -1.52. The highest BCUT2D eigenvalue weighted by atomic mass is 19.4. The fourth-order valence-corrected chi connectivity index (χ4v) is 1.69. The van der Waals surface area contributed by atoms with Crippen LogP contribution in [0.5, 0.6) is 5.75 Å². The number of Topliss-reactive ketones (excluding diaryl/α,β-unsaturated/α-hetero) is 1. The van der Waals surface area contributed by atoms with E-state index in [1.807, 2.05) is 20.8 Å². The maximum atomic E-state index is 12.0. The predicted octanol–water partition coefficient (Wildman–Crippen LogP) is 4.13. The van der Waals surface area contributed by atoms with Crippen molar-refractivity contribution in [3.05, 3.63) is 29.8 Å². The summed E-state index contributed by atoms with van der Waals surface area (Å²) in [5, 5.41) is 0. The first kappa shape index (κ1) is 15.5. The average Bonchev–Trinajstić information content (AvgIpc) is 2.15. The number of alkyl halides is 3. The van der Waals surface area contributed by atoms with Crippen LogP contribution in [-0.4, -0.2) is 12.1 Å². The van der Waals surface area contributed by atoms with Crippen molar-refractivity contribution < 1.29 is 22.7 Å². The monoisotopic (exact) mass is 274 g/mol. The molecule has 0 amide bonds. The van der Waals surface area contributed by atoms with Crippen LogP contribution in [0.1, 0.15) is 32.8 Å². The van der Waals surface area contributed by atoms with Gasteiger partial charge in [-0.1, -0.05) is 32.9 Å². The van der Waals surface area contributed by atoms with Crippen LogP contribution in [-0.2, 0) is 11.2 Å². The van der Waals surface area contributed by atoms with Crippen LogP contribution in [0.25, 0.3) is 0 Å². The van der Waals surface area contributed by atoms with Gasteiger partial charge in [-0.3, -0.25) is 4.79 Å². The van der Waals surface area contributed by atoms with E-state index in [-0.39, 0.29) is 23.4 Å². The SMILES string of the molecule is CC(C)(C)CC(=O)Cc1ccc(OC(F)(F)F)cc1. The lowest BCUT2D eigenvalue weighted by molar-refractivity contribution is -0.274. The lowest BCUT2D eigenvalue weighted by Gasteiger charge is -2.16. The summed E-state index contributed by atoms with van der Waals surface area (Å²) < 4.78 is 39.6. The van der Waals surface area contributed by atoms with Crippen molar-refractivity contribution in [1.29, 1.82) is 0 Å². The second-order valence-corrected chi connectivity index (χ2v) is 5.64. The highest BCUT2D eigenvalue weighted by molar-refractivity contribution is 5.81. The normalized spacial score (nSPS) is 12.3. The zero-order valence-corrected chi connectivity index (χ0v) is 11.2. The molecule has 1 aromatic carbocycles. The van der Waals surface area contributed by atoms with Gasteiger partial charge in [-0.25, -0.2) is 0 Å². The first-order chi connectivity index (χ1) is 8.55. The molecule has 1 rings (SSSR count). The maximum Gasteiger partial charge on any atom is 0.573 e. The lowest BCUT2D eigenvalue weighted by atomic mass is 9.88. The highest BCUT2D eigenvalue weighted by Crippen LogP contribution is 2.24. The number of rotatable bonds is 4. The molecule has 0 radical (unpaired) electrons. The van der Waals surface area contributed by atoms with Gasteiger partial charge in [-0.2, -0.15) is 0 Å². The molecule has 0 aliphatic heterocycles. The van der Waals surface area contributed by atoms with Gasteiger partial charge in [0.2, 0.25) is 0 Å². The number of ketones is 1. The Morgan fingerprint density at radius 3 is 2.05 bits per heavy atom. The number of carbonyl (C=O) groups is 1. The average molecular weight is 274 g/mol. The smallest absolute Gasteiger partial charge is 0.406 e. The number of ether oxygens (including phenoxy) is 1. The zero-order chi connectivity index (χ0) is 14.7. The van der Waals surface area contributed by atoms with E-state index in [1.54, 1.807) is 0 Å². The van der Waals surface area contributed by atoms with E-state index >= 15 is 0 Å². The molecule has 0 saturated heterocycles. The summed E-state index contributed by atoms with van der Waals surface area (Å²) in [4.78, 5) is 11.7. The van der Waals surface area contributed by atoms with Crippen LogP contribution in [0.2, 0.25) is 0 Å². The molecule has 5 heteroatoms. The summed E-state index contributed by atoms with van der Waals surface area (Å²) in [7, 11) is 0. The van der Waals surface area contributed by atoms with Crippen LogP contribution in [0, 0.1) is 5.41 Å². The highest BCUT2D eigenvalue weighted by Gasteiger charge is 2.30. The van der Waals surface area contributed by atoms with Crippen LogP contribution < -0.4 is 4.74 Å². The van der Waals surface area contributed by atoms with Crippen molar-refractivity contribution in [2.45, 2.75) is 40.0 Å². The fourth-order valence-electron chi connectivity index (χ4n) is 1.69. The van der Waals surface area contributed by atoms with E-state index in [0.29, 0.717) is 12.0 Å². The van der Waals surface area contributed by atoms with Crippen LogP contribution >= 0.6 is 0 Å². The van der Waals surface area contributed by atoms with Crippen LogP contribution in [0.4, 0.5) is 13.2 Å². The van der Waals surface area contributed by atoms with Crippen molar-refractivity contribution in [2.75, 3.05) is 0 Å². The van der Waals surface area contributed by atoms with Gasteiger partial charge in [0.15, 0.2) is 0 Å². The molecule has 2 nitrogen and oxygen atoms in total. The van der Waals surface area contributed by atoms with E-state index in [4.69, 9.17) is 0 Å². The topological polar surface area (TPSA) is 26.3 Å². The second kappa shape index (κ2) is 5.63. The molecule has 0 aromatic heterocycles. The minimum absolute atomic E-state index is 0.0667. The molecule has 19 heavy (non-hydrogen) atoms. The van der Waals surface area contributed by atoms with Crippen molar-refractivity contribution in [3.8, 4) is 5.75 Å². The van der Waals surface area contributed by atoms with Crippen molar-refractivity contribution in [2.24, 2.45) is 5.41 Å². The fraction of sp³-hybridized carbons (Fsp3) is 0.500. The summed E-state index contributed by atoms with van der Waals surface area (Å²) >= 11 is 0. The molecule has 0 heterocycles. The van der Waals surface area contributed by atoms with E-state index in [1.165, 1.54) is 24.3 Å². The molecule has 0 fully saturated rings. The summed E-state index contributed by atoms with van der Waals surface area (Å²) in [5.74, 6) is -0.212. The summed E-state index contributed by atoms with van der Waals surface area (Å²) in [6, 6.07) is 5.38. The Morgan fingerprint density at radius 2 is 1.63 bits per heavy atom. The predicted molar refractivity (Wildman–Crippen MR) is 65.9 cm³/mol. The van der Waals surface area contributed by atoms with Crippen LogP contribution in [0.3, 0.4) is 0 Å². The van der Waals surface area contributed by atoms with E-state index in [9.17, 15) is 18.0 Å². The number of carbonyl (C=O) groups excluding carboxylic acids is 1. The first-order valence-electron chi connectivity index (χ1n) is 5.91.